The van der Waals surface area contributed by atoms with E-state index in [2.05, 4.69) is 5.32 Å². The molecule has 1 aliphatic heterocycles. The summed E-state index contributed by atoms with van der Waals surface area (Å²) in [6.45, 7) is 7.22. The Morgan fingerprint density at radius 3 is 2.81 bits per heavy atom. The van der Waals surface area contributed by atoms with Crippen LogP contribution in [0, 0.1) is 10.1 Å². The Labute approximate surface area is 127 Å². The first-order chi connectivity index (χ1) is 9.78. The van der Waals surface area contributed by atoms with E-state index in [4.69, 9.17) is 4.74 Å². The lowest BCUT2D eigenvalue weighted by atomic mass is 10.1. The zero-order chi connectivity index (χ0) is 15.6. The number of nitro groups is 1. The van der Waals surface area contributed by atoms with Gasteiger partial charge >= 0.3 is 11.1 Å². The fraction of sp³-hybridized carbons (Fsp3) is 0.615. The van der Waals surface area contributed by atoms with Crippen molar-refractivity contribution in [3.8, 4) is 0 Å². The van der Waals surface area contributed by atoms with Crippen LogP contribution in [-0.2, 0) is 4.74 Å². The Morgan fingerprint density at radius 1 is 1.52 bits per heavy atom. The summed E-state index contributed by atoms with van der Waals surface area (Å²) in [5.41, 5.74) is -0.562. The second-order valence-corrected chi connectivity index (χ2v) is 6.92. The number of ether oxygens (including phenoxy) is 1. The molecule has 0 bridgehead atoms. The number of rotatable bonds is 2. The molecule has 8 heteroatoms. The van der Waals surface area contributed by atoms with Crippen LogP contribution >= 0.6 is 11.3 Å². The van der Waals surface area contributed by atoms with Crippen LogP contribution in [-0.4, -0.2) is 41.2 Å². The van der Waals surface area contributed by atoms with Crippen molar-refractivity contribution >= 4 is 22.4 Å². The number of piperazine rings is 1. The van der Waals surface area contributed by atoms with Crippen molar-refractivity contribution in [2.24, 2.45) is 0 Å². The van der Waals surface area contributed by atoms with Gasteiger partial charge < -0.3 is 10.1 Å². The Bertz CT molecular complexity index is 538. The third-order valence-corrected chi connectivity index (χ3v) is 4.13. The SMILES string of the molecule is CC(C)(C)OC(=O)N1CCNCC1c1ccc([N+](=O)[O-])s1. The van der Waals surface area contributed by atoms with Gasteiger partial charge in [-0.25, -0.2) is 4.79 Å². The van der Waals surface area contributed by atoms with Crippen LogP contribution in [0.2, 0.25) is 0 Å². The summed E-state index contributed by atoms with van der Waals surface area (Å²) in [7, 11) is 0. The van der Waals surface area contributed by atoms with Crippen LogP contribution in [0.4, 0.5) is 9.80 Å². The van der Waals surface area contributed by atoms with E-state index in [0.29, 0.717) is 19.6 Å². The molecule has 0 saturated carbocycles. The molecule has 1 amide bonds. The van der Waals surface area contributed by atoms with E-state index in [1.54, 1.807) is 11.0 Å². The number of nitrogens with one attached hydrogen (secondary N) is 1. The van der Waals surface area contributed by atoms with Crippen molar-refractivity contribution in [2.75, 3.05) is 19.6 Å². The van der Waals surface area contributed by atoms with E-state index >= 15 is 0 Å². The van der Waals surface area contributed by atoms with Gasteiger partial charge in [0.1, 0.15) is 5.60 Å². The molecule has 0 aliphatic carbocycles. The van der Waals surface area contributed by atoms with Gasteiger partial charge in [-0.05, 0) is 26.8 Å². The number of hydrogen-bond acceptors (Lipinski definition) is 6. The van der Waals surface area contributed by atoms with Gasteiger partial charge in [-0.15, -0.1) is 0 Å². The number of thiophene rings is 1. The molecule has 116 valence electrons. The molecule has 1 aromatic rings. The molecular formula is C13H19N3O4S. The average molecular weight is 313 g/mol. The molecule has 1 aromatic heterocycles. The number of carbonyl (C=O) groups is 1. The monoisotopic (exact) mass is 313 g/mol. The first kappa shape index (κ1) is 15.7. The van der Waals surface area contributed by atoms with Gasteiger partial charge in [0, 0.05) is 30.6 Å². The molecule has 1 unspecified atom stereocenters. The van der Waals surface area contributed by atoms with Crippen molar-refractivity contribution < 1.29 is 14.5 Å². The fourth-order valence-electron chi connectivity index (χ4n) is 2.12. The van der Waals surface area contributed by atoms with E-state index in [1.165, 1.54) is 6.07 Å². The summed E-state index contributed by atoms with van der Waals surface area (Å²) < 4.78 is 5.41. The Kier molecular flexibility index (Phi) is 4.48. The number of carbonyl (C=O) groups excluding carboxylic acids is 1. The first-order valence-corrected chi connectivity index (χ1v) is 7.54. The number of hydrogen-bond donors (Lipinski definition) is 1. The van der Waals surface area contributed by atoms with E-state index in [1.807, 2.05) is 20.8 Å². The molecule has 0 aromatic carbocycles. The topological polar surface area (TPSA) is 84.7 Å². The van der Waals surface area contributed by atoms with Gasteiger partial charge in [0.05, 0.1) is 11.0 Å². The van der Waals surface area contributed by atoms with Gasteiger partial charge in [-0.2, -0.15) is 0 Å². The molecule has 1 aliphatic rings. The maximum atomic E-state index is 12.3. The Morgan fingerprint density at radius 2 is 2.24 bits per heavy atom. The zero-order valence-corrected chi connectivity index (χ0v) is 13.1. The van der Waals surface area contributed by atoms with E-state index in [9.17, 15) is 14.9 Å². The minimum atomic E-state index is -0.562. The summed E-state index contributed by atoms with van der Waals surface area (Å²) in [6.07, 6.45) is -0.384. The summed E-state index contributed by atoms with van der Waals surface area (Å²) in [5, 5.41) is 14.1. The van der Waals surface area contributed by atoms with E-state index in [-0.39, 0.29) is 17.1 Å². The number of amides is 1. The van der Waals surface area contributed by atoms with Crippen molar-refractivity contribution in [2.45, 2.75) is 32.4 Å². The second-order valence-electron chi connectivity index (χ2n) is 5.83. The third kappa shape index (κ3) is 3.92. The summed E-state index contributed by atoms with van der Waals surface area (Å²) in [4.78, 5) is 25.1. The van der Waals surface area contributed by atoms with Crippen molar-refractivity contribution in [3.63, 3.8) is 0 Å². The molecule has 1 fully saturated rings. The van der Waals surface area contributed by atoms with Crippen LogP contribution in [0.1, 0.15) is 31.7 Å². The lowest BCUT2D eigenvalue weighted by Crippen LogP contribution is -2.49. The minimum absolute atomic E-state index is 0.0831. The molecule has 1 atom stereocenters. The predicted molar refractivity (Wildman–Crippen MR) is 79.5 cm³/mol. The Hall–Kier alpha value is -1.67. The quantitative estimate of drug-likeness (QED) is 0.670. The van der Waals surface area contributed by atoms with Crippen LogP contribution in [0.15, 0.2) is 12.1 Å². The summed E-state index contributed by atoms with van der Waals surface area (Å²) in [5.74, 6) is 0. The molecule has 1 N–H and O–H groups in total. The maximum Gasteiger partial charge on any atom is 0.410 e. The highest BCUT2D eigenvalue weighted by Gasteiger charge is 2.32. The summed E-state index contributed by atoms with van der Waals surface area (Å²) >= 11 is 1.10. The number of nitrogens with zero attached hydrogens (tertiary/aromatic N) is 2. The molecule has 1 saturated heterocycles. The first-order valence-electron chi connectivity index (χ1n) is 6.72. The molecule has 0 radical (unpaired) electrons. The third-order valence-electron chi connectivity index (χ3n) is 2.99. The molecule has 0 spiro atoms. The van der Waals surface area contributed by atoms with Crippen molar-refractivity contribution in [3.05, 3.63) is 27.1 Å². The smallest absolute Gasteiger partial charge is 0.410 e. The predicted octanol–water partition coefficient (Wildman–Crippen LogP) is 2.54. The minimum Gasteiger partial charge on any atom is -0.444 e. The van der Waals surface area contributed by atoms with Crippen molar-refractivity contribution in [1.82, 2.24) is 10.2 Å². The van der Waals surface area contributed by atoms with Crippen molar-refractivity contribution in [1.29, 1.82) is 0 Å². The lowest BCUT2D eigenvalue weighted by molar-refractivity contribution is -0.380. The average Bonchev–Trinajstić information content (AvgIpc) is 2.86. The molecular weight excluding hydrogens is 294 g/mol. The van der Waals surface area contributed by atoms with E-state index < -0.39 is 10.5 Å². The van der Waals surface area contributed by atoms with Gasteiger partial charge in [0.2, 0.25) is 0 Å². The van der Waals surface area contributed by atoms with Gasteiger partial charge in [-0.3, -0.25) is 15.0 Å². The maximum absolute atomic E-state index is 12.3. The Balaban J connectivity index is 2.18. The fourth-order valence-corrected chi connectivity index (χ4v) is 3.05. The molecule has 2 rings (SSSR count). The molecule has 7 nitrogen and oxygen atoms in total. The standard InChI is InChI=1S/C13H19N3O4S/c1-13(2,3)20-12(17)15-7-6-14-8-9(15)10-4-5-11(21-10)16(18)19/h4-5,9,14H,6-8H2,1-3H3. The van der Waals surface area contributed by atoms with Crippen LogP contribution in [0.5, 0.6) is 0 Å². The second kappa shape index (κ2) is 5.98. The highest BCUT2D eigenvalue weighted by molar-refractivity contribution is 7.15. The lowest BCUT2D eigenvalue weighted by Gasteiger charge is -2.36. The normalized spacial score (nSPS) is 19.4. The summed E-state index contributed by atoms with van der Waals surface area (Å²) in [6, 6.07) is 2.95. The van der Waals surface area contributed by atoms with Gasteiger partial charge in [-0.1, -0.05) is 11.3 Å². The van der Waals surface area contributed by atoms with Gasteiger partial charge in [0.25, 0.3) is 0 Å². The highest BCUT2D eigenvalue weighted by Crippen LogP contribution is 2.33. The van der Waals surface area contributed by atoms with Crippen LogP contribution < -0.4 is 5.32 Å². The van der Waals surface area contributed by atoms with E-state index in [0.717, 1.165) is 16.2 Å². The van der Waals surface area contributed by atoms with Gasteiger partial charge in [0.15, 0.2) is 0 Å². The van der Waals surface area contributed by atoms with Crippen LogP contribution in [0.3, 0.4) is 0 Å². The zero-order valence-electron chi connectivity index (χ0n) is 12.3. The largest absolute Gasteiger partial charge is 0.444 e. The molecule has 21 heavy (non-hydrogen) atoms. The molecule has 2 heterocycles. The van der Waals surface area contributed by atoms with Crippen LogP contribution in [0.25, 0.3) is 0 Å². The highest BCUT2D eigenvalue weighted by atomic mass is 32.1.